The molecule has 0 amide bonds. The summed E-state index contributed by atoms with van der Waals surface area (Å²) in [5.74, 6) is -0.137. The van der Waals surface area contributed by atoms with Crippen LogP contribution in [0.2, 0.25) is 0 Å². The van der Waals surface area contributed by atoms with Gasteiger partial charge in [0.2, 0.25) is 0 Å². The highest BCUT2D eigenvalue weighted by Crippen LogP contribution is 2.31. The Morgan fingerprint density at radius 2 is 1.91 bits per heavy atom. The number of anilines is 1. The first-order valence-corrected chi connectivity index (χ1v) is 10.1. The third-order valence-electron chi connectivity index (χ3n) is 5.29. The molecule has 0 radical (unpaired) electrons. The van der Waals surface area contributed by atoms with Crippen LogP contribution in [0.15, 0.2) is 79.8 Å². The molecular formula is C25H24FN5O. The van der Waals surface area contributed by atoms with Gasteiger partial charge in [-0.15, -0.1) is 0 Å². The summed E-state index contributed by atoms with van der Waals surface area (Å²) >= 11 is 0. The maximum Gasteiger partial charge on any atom is 0.133 e. The fourth-order valence-electron chi connectivity index (χ4n) is 3.57. The van der Waals surface area contributed by atoms with Crippen molar-refractivity contribution in [1.82, 2.24) is 20.1 Å². The molecule has 0 aliphatic heterocycles. The molecule has 0 bridgehead atoms. The van der Waals surface area contributed by atoms with Crippen molar-refractivity contribution in [3.05, 3.63) is 96.7 Å². The van der Waals surface area contributed by atoms with Crippen molar-refractivity contribution in [1.29, 1.82) is 0 Å². The second kappa shape index (κ2) is 9.03. The van der Waals surface area contributed by atoms with Crippen LogP contribution in [0.1, 0.15) is 17.2 Å². The summed E-state index contributed by atoms with van der Waals surface area (Å²) in [4.78, 5) is 4.27. The van der Waals surface area contributed by atoms with Crippen LogP contribution in [0.25, 0.3) is 28.0 Å². The van der Waals surface area contributed by atoms with Crippen molar-refractivity contribution >= 4 is 11.5 Å². The Balaban J connectivity index is 1.60. The lowest BCUT2D eigenvalue weighted by Gasteiger charge is -2.20. The zero-order chi connectivity index (χ0) is 22.7. The number of benzene rings is 2. The maximum atomic E-state index is 15.1. The van der Waals surface area contributed by atoms with E-state index < -0.39 is 11.9 Å². The molecular weight excluding hydrogens is 405 g/mol. The number of aryl methyl sites for hydroxylation is 1. The van der Waals surface area contributed by atoms with E-state index in [0.717, 1.165) is 16.7 Å². The zero-order valence-electron chi connectivity index (χ0n) is 17.7. The molecule has 2 heterocycles. The first-order chi connectivity index (χ1) is 15.5. The normalized spacial score (nSPS) is 11.8. The van der Waals surface area contributed by atoms with Crippen LogP contribution < -0.4 is 11.1 Å². The lowest BCUT2D eigenvalue weighted by atomic mass is 10.00. The highest BCUT2D eigenvalue weighted by molar-refractivity contribution is 5.80. The number of aliphatic hydroxyl groups excluding tert-OH is 1. The molecule has 4 rings (SSSR count). The van der Waals surface area contributed by atoms with E-state index in [1.54, 1.807) is 29.2 Å². The second-order valence-corrected chi connectivity index (χ2v) is 7.52. The zero-order valence-corrected chi connectivity index (χ0v) is 17.7. The van der Waals surface area contributed by atoms with Crippen molar-refractivity contribution in [2.75, 3.05) is 12.3 Å². The number of hydrogen-bond donors (Lipinski definition) is 3. The quantitative estimate of drug-likeness (QED) is 0.410. The Morgan fingerprint density at radius 1 is 1.12 bits per heavy atom. The molecule has 2 aromatic heterocycles. The van der Waals surface area contributed by atoms with Crippen LogP contribution in [0.5, 0.6) is 0 Å². The van der Waals surface area contributed by atoms with Crippen molar-refractivity contribution in [3.63, 3.8) is 0 Å². The first-order valence-electron chi connectivity index (χ1n) is 10.1. The minimum atomic E-state index is -0.448. The number of nitrogen functional groups attached to an aromatic ring is 1. The van der Waals surface area contributed by atoms with Crippen molar-refractivity contribution in [3.8, 4) is 22.3 Å². The molecule has 1 atom stereocenters. The number of nitrogens with zero attached hydrogens (tertiary/aromatic N) is 3. The summed E-state index contributed by atoms with van der Waals surface area (Å²) in [6.45, 7) is 3.82. The van der Waals surface area contributed by atoms with Gasteiger partial charge in [0.1, 0.15) is 11.6 Å². The van der Waals surface area contributed by atoms with E-state index in [1.165, 1.54) is 6.07 Å². The summed E-state index contributed by atoms with van der Waals surface area (Å²) < 4.78 is 16.8. The molecule has 162 valence electrons. The van der Waals surface area contributed by atoms with Gasteiger partial charge in [-0.2, -0.15) is 5.10 Å². The molecule has 0 saturated carbocycles. The van der Waals surface area contributed by atoms with Gasteiger partial charge in [-0.25, -0.2) is 9.37 Å². The lowest BCUT2D eigenvalue weighted by molar-refractivity contribution is 0.256. The smallest absolute Gasteiger partial charge is 0.133 e. The molecule has 0 unspecified atom stereocenters. The van der Waals surface area contributed by atoms with E-state index in [4.69, 9.17) is 5.73 Å². The maximum absolute atomic E-state index is 15.1. The molecule has 4 aromatic rings. The third kappa shape index (κ3) is 4.38. The lowest BCUT2D eigenvalue weighted by Crippen LogP contribution is -2.23. The van der Waals surface area contributed by atoms with Gasteiger partial charge in [0, 0.05) is 47.4 Å². The van der Waals surface area contributed by atoms with Crippen LogP contribution in [0.4, 0.5) is 10.2 Å². The molecule has 4 N–H and O–H groups in total. The highest BCUT2D eigenvalue weighted by Gasteiger charge is 2.15. The molecule has 0 spiro atoms. The second-order valence-electron chi connectivity index (χ2n) is 7.52. The monoisotopic (exact) mass is 429 g/mol. The van der Waals surface area contributed by atoms with Gasteiger partial charge in [-0.3, -0.25) is 4.68 Å². The number of aromatic nitrogens is 3. The summed E-state index contributed by atoms with van der Waals surface area (Å²) in [6, 6.07) is 15.8. The predicted molar refractivity (Wildman–Crippen MR) is 125 cm³/mol. The molecule has 0 saturated heterocycles. The van der Waals surface area contributed by atoms with Gasteiger partial charge in [0.05, 0.1) is 18.8 Å². The molecule has 6 nitrogen and oxygen atoms in total. The number of pyridine rings is 1. The van der Waals surface area contributed by atoms with Crippen LogP contribution in [0.3, 0.4) is 0 Å². The van der Waals surface area contributed by atoms with E-state index in [2.05, 4.69) is 22.0 Å². The van der Waals surface area contributed by atoms with E-state index >= 15 is 4.39 Å². The molecule has 2 aromatic carbocycles. The van der Waals surface area contributed by atoms with Crippen LogP contribution >= 0.6 is 0 Å². The van der Waals surface area contributed by atoms with Crippen LogP contribution in [0, 0.1) is 5.82 Å². The minimum absolute atomic E-state index is 0.147. The Labute approximate surface area is 185 Å². The first kappa shape index (κ1) is 21.3. The average molecular weight is 429 g/mol. The van der Waals surface area contributed by atoms with Gasteiger partial charge in [-0.05, 0) is 29.3 Å². The summed E-state index contributed by atoms with van der Waals surface area (Å²) in [5.41, 5.74) is 10.7. The fraction of sp³-hybridized carbons (Fsp3) is 0.120. The Bertz CT molecular complexity index is 1250. The number of halogens is 1. The van der Waals surface area contributed by atoms with Crippen molar-refractivity contribution in [2.24, 2.45) is 7.05 Å². The van der Waals surface area contributed by atoms with Crippen LogP contribution in [-0.2, 0) is 7.05 Å². The van der Waals surface area contributed by atoms with E-state index in [0.29, 0.717) is 28.2 Å². The van der Waals surface area contributed by atoms with Crippen molar-refractivity contribution < 1.29 is 9.50 Å². The Hall–Kier alpha value is -3.97. The van der Waals surface area contributed by atoms with Gasteiger partial charge >= 0.3 is 0 Å². The molecule has 7 heteroatoms. The van der Waals surface area contributed by atoms with Crippen LogP contribution in [-0.4, -0.2) is 26.5 Å². The molecule has 0 aliphatic rings. The average Bonchev–Trinajstić information content (AvgIpc) is 3.24. The largest absolute Gasteiger partial charge is 0.394 e. The molecule has 32 heavy (non-hydrogen) atoms. The summed E-state index contributed by atoms with van der Waals surface area (Å²) in [6.07, 6.45) is 5.28. The van der Waals surface area contributed by atoms with Crippen molar-refractivity contribution in [2.45, 2.75) is 6.04 Å². The highest BCUT2D eigenvalue weighted by atomic mass is 19.1. The fourth-order valence-corrected chi connectivity index (χ4v) is 3.57. The SMILES string of the molecule is C=C(N[C@H](CO)c1ccccc1)c1ccc(-c2cc(-c3cnn(C)c3)cnc2N)cc1F. The number of nitrogens with one attached hydrogen (secondary N) is 1. The van der Waals surface area contributed by atoms with E-state index in [9.17, 15) is 5.11 Å². The topological polar surface area (TPSA) is 89.0 Å². The Kier molecular flexibility index (Phi) is 6.00. The number of rotatable bonds is 7. The van der Waals surface area contributed by atoms with Gasteiger partial charge in [0.15, 0.2) is 0 Å². The van der Waals surface area contributed by atoms with E-state index in [1.807, 2.05) is 49.6 Å². The summed E-state index contributed by atoms with van der Waals surface area (Å²) in [5, 5.41) is 17.1. The van der Waals surface area contributed by atoms with Gasteiger partial charge < -0.3 is 16.2 Å². The predicted octanol–water partition coefficient (Wildman–Crippen LogP) is 4.16. The standard InChI is InChI=1S/C25H24FN5O/c1-16(30-24(15-32)17-6-4-3-5-7-17)21-9-8-18(11-23(21)26)22-10-19(12-28-25(22)27)20-13-29-31(2)14-20/h3-14,24,30,32H,1,15H2,2H3,(H2,27,28)/t24-/m1/s1. The molecule has 0 fully saturated rings. The minimum Gasteiger partial charge on any atom is -0.394 e. The number of nitrogens with two attached hydrogens (primary N) is 1. The third-order valence-corrected chi connectivity index (χ3v) is 5.29. The van der Waals surface area contributed by atoms with Gasteiger partial charge in [0.25, 0.3) is 0 Å². The summed E-state index contributed by atoms with van der Waals surface area (Å²) in [7, 11) is 1.84. The Morgan fingerprint density at radius 3 is 2.56 bits per heavy atom. The number of aliphatic hydroxyl groups is 1. The molecule has 0 aliphatic carbocycles. The van der Waals surface area contributed by atoms with Gasteiger partial charge in [-0.1, -0.05) is 43.0 Å². The number of hydrogen-bond acceptors (Lipinski definition) is 5. The van der Waals surface area contributed by atoms with E-state index in [-0.39, 0.29) is 6.61 Å².